The normalized spacial score (nSPS) is 43.4. The van der Waals surface area contributed by atoms with Crippen molar-refractivity contribution < 1.29 is 0 Å². The van der Waals surface area contributed by atoms with Crippen LogP contribution in [-0.2, 0) is 0 Å². The number of hydrogen-bond donors (Lipinski definition) is 0. The van der Waals surface area contributed by atoms with E-state index in [1.165, 1.54) is 25.7 Å². The lowest BCUT2D eigenvalue weighted by molar-refractivity contribution is 0.219. The highest BCUT2D eigenvalue weighted by molar-refractivity contribution is 4.94. The van der Waals surface area contributed by atoms with Crippen molar-refractivity contribution in [2.45, 2.75) is 46.5 Å². The van der Waals surface area contributed by atoms with Crippen molar-refractivity contribution in [1.82, 2.24) is 0 Å². The van der Waals surface area contributed by atoms with Gasteiger partial charge in [0.05, 0.1) is 0 Å². The molecule has 0 aliphatic heterocycles. The molecule has 2 fully saturated rings. The molecule has 2 rings (SSSR count). The largest absolute Gasteiger partial charge is 0.0599 e. The summed E-state index contributed by atoms with van der Waals surface area (Å²) in [6.45, 7) is 7.22. The van der Waals surface area contributed by atoms with Gasteiger partial charge in [0.2, 0.25) is 0 Å². The van der Waals surface area contributed by atoms with E-state index in [2.05, 4.69) is 20.8 Å². The smallest absolute Gasteiger partial charge is 0.0354 e. The Bertz CT molecular complexity index is 140. The second-order valence-corrected chi connectivity index (χ2v) is 5.63. The zero-order chi connectivity index (χ0) is 8.06. The third kappa shape index (κ3) is 1.21. The van der Waals surface area contributed by atoms with Gasteiger partial charge in [0.15, 0.2) is 0 Å². The molecule has 0 nitrogen and oxygen atoms in total. The molecular weight excluding hydrogens is 132 g/mol. The lowest BCUT2D eigenvalue weighted by Gasteiger charge is -2.29. The molecule has 0 amide bonds. The first-order chi connectivity index (χ1) is 5.07. The summed E-state index contributed by atoms with van der Waals surface area (Å²) in [4.78, 5) is 0. The molecule has 0 radical (unpaired) electrons. The summed E-state index contributed by atoms with van der Waals surface area (Å²) >= 11 is 0. The van der Waals surface area contributed by atoms with Gasteiger partial charge in [0.1, 0.15) is 0 Å². The molecule has 0 heteroatoms. The fraction of sp³-hybridized carbons (Fsp3) is 1.00. The van der Waals surface area contributed by atoms with Crippen molar-refractivity contribution in [3.63, 3.8) is 0 Å². The van der Waals surface area contributed by atoms with Crippen molar-refractivity contribution in [1.29, 1.82) is 0 Å². The molecule has 2 saturated carbocycles. The van der Waals surface area contributed by atoms with E-state index in [0.717, 1.165) is 17.8 Å². The minimum Gasteiger partial charge on any atom is -0.0599 e. The van der Waals surface area contributed by atoms with Crippen LogP contribution in [0.3, 0.4) is 0 Å². The second kappa shape index (κ2) is 2.24. The van der Waals surface area contributed by atoms with Gasteiger partial charge in [0.25, 0.3) is 0 Å². The standard InChI is InChI=1S/C11H20/c1-11(2,3)10-6-8-4-5-9(8)7-10/h8-10H,4-7H2,1-3H3. The van der Waals surface area contributed by atoms with E-state index < -0.39 is 0 Å². The maximum Gasteiger partial charge on any atom is -0.0354 e. The third-order valence-electron chi connectivity index (χ3n) is 3.97. The number of hydrogen-bond acceptors (Lipinski definition) is 0. The van der Waals surface area contributed by atoms with Crippen molar-refractivity contribution in [3.8, 4) is 0 Å². The van der Waals surface area contributed by atoms with Crippen LogP contribution in [0, 0.1) is 23.2 Å². The summed E-state index contributed by atoms with van der Waals surface area (Å²) in [7, 11) is 0. The molecule has 0 aromatic heterocycles. The summed E-state index contributed by atoms with van der Waals surface area (Å²) in [6.07, 6.45) is 6.15. The van der Waals surface area contributed by atoms with Crippen molar-refractivity contribution in [3.05, 3.63) is 0 Å². The Morgan fingerprint density at radius 2 is 1.36 bits per heavy atom. The fourth-order valence-corrected chi connectivity index (χ4v) is 2.79. The highest BCUT2D eigenvalue weighted by Gasteiger charge is 2.43. The Labute approximate surface area is 70.4 Å². The molecule has 2 unspecified atom stereocenters. The predicted molar refractivity (Wildman–Crippen MR) is 48.4 cm³/mol. The highest BCUT2D eigenvalue weighted by Crippen LogP contribution is 2.54. The molecule has 0 heterocycles. The van der Waals surface area contributed by atoms with Crippen molar-refractivity contribution in [2.24, 2.45) is 23.2 Å². The molecule has 0 saturated heterocycles. The van der Waals surface area contributed by atoms with E-state index in [-0.39, 0.29) is 0 Å². The minimum absolute atomic E-state index is 0.581. The second-order valence-electron chi connectivity index (χ2n) is 5.63. The zero-order valence-electron chi connectivity index (χ0n) is 8.06. The van der Waals surface area contributed by atoms with E-state index in [1.54, 1.807) is 0 Å². The Morgan fingerprint density at radius 1 is 0.909 bits per heavy atom. The average Bonchev–Trinajstić information content (AvgIpc) is 2.06. The van der Waals surface area contributed by atoms with Gasteiger partial charge in [-0.3, -0.25) is 0 Å². The van der Waals surface area contributed by atoms with Gasteiger partial charge in [-0.05, 0) is 48.9 Å². The van der Waals surface area contributed by atoms with E-state index in [1.807, 2.05) is 0 Å². The summed E-state index contributed by atoms with van der Waals surface area (Å²) in [6, 6.07) is 0. The molecule has 64 valence electrons. The number of rotatable bonds is 0. The maximum atomic E-state index is 2.41. The van der Waals surface area contributed by atoms with Crippen LogP contribution < -0.4 is 0 Å². The SMILES string of the molecule is CC(C)(C)C1CC2CCC2C1. The molecule has 0 aromatic carbocycles. The van der Waals surface area contributed by atoms with E-state index >= 15 is 0 Å². The summed E-state index contributed by atoms with van der Waals surface area (Å²) in [5.74, 6) is 3.30. The average molecular weight is 152 g/mol. The van der Waals surface area contributed by atoms with Gasteiger partial charge in [-0.25, -0.2) is 0 Å². The van der Waals surface area contributed by atoms with Crippen LogP contribution in [0.15, 0.2) is 0 Å². The zero-order valence-corrected chi connectivity index (χ0v) is 8.06. The van der Waals surface area contributed by atoms with Crippen LogP contribution in [-0.4, -0.2) is 0 Å². The summed E-state index contributed by atoms with van der Waals surface area (Å²) < 4.78 is 0. The van der Waals surface area contributed by atoms with Gasteiger partial charge in [0, 0.05) is 0 Å². The Morgan fingerprint density at radius 3 is 1.64 bits per heavy atom. The molecule has 0 N–H and O–H groups in total. The molecule has 0 spiro atoms. The van der Waals surface area contributed by atoms with Crippen LogP contribution in [0.5, 0.6) is 0 Å². The first-order valence-electron chi connectivity index (χ1n) is 5.07. The first-order valence-corrected chi connectivity index (χ1v) is 5.07. The van der Waals surface area contributed by atoms with Crippen molar-refractivity contribution in [2.75, 3.05) is 0 Å². The van der Waals surface area contributed by atoms with Gasteiger partial charge in [-0.15, -0.1) is 0 Å². The van der Waals surface area contributed by atoms with Crippen LogP contribution in [0.2, 0.25) is 0 Å². The molecule has 11 heavy (non-hydrogen) atoms. The summed E-state index contributed by atoms with van der Waals surface area (Å²) in [5, 5.41) is 0. The van der Waals surface area contributed by atoms with E-state index in [0.29, 0.717) is 5.41 Å². The third-order valence-corrected chi connectivity index (χ3v) is 3.97. The number of fused-ring (bicyclic) bond motifs is 1. The van der Waals surface area contributed by atoms with Crippen LogP contribution in [0.4, 0.5) is 0 Å². The van der Waals surface area contributed by atoms with Crippen LogP contribution >= 0.6 is 0 Å². The van der Waals surface area contributed by atoms with Gasteiger partial charge in [-0.2, -0.15) is 0 Å². The van der Waals surface area contributed by atoms with Crippen LogP contribution in [0.25, 0.3) is 0 Å². The van der Waals surface area contributed by atoms with Gasteiger partial charge >= 0.3 is 0 Å². The Kier molecular flexibility index (Phi) is 1.56. The molecule has 2 aliphatic carbocycles. The minimum atomic E-state index is 0.581. The molecule has 2 aliphatic rings. The van der Waals surface area contributed by atoms with E-state index in [4.69, 9.17) is 0 Å². The van der Waals surface area contributed by atoms with Gasteiger partial charge < -0.3 is 0 Å². The summed E-state index contributed by atoms with van der Waals surface area (Å²) in [5.41, 5.74) is 0.581. The molecule has 2 atom stereocenters. The van der Waals surface area contributed by atoms with Crippen LogP contribution in [0.1, 0.15) is 46.5 Å². The Hall–Kier alpha value is 0. The quantitative estimate of drug-likeness (QED) is 0.498. The maximum absolute atomic E-state index is 2.41. The first kappa shape index (κ1) is 7.64. The molecule has 0 aromatic rings. The Balaban J connectivity index is 1.98. The highest BCUT2D eigenvalue weighted by atomic mass is 14.5. The van der Waals surface area contributed by atoms with E-state index in [9.17, 15) is 0 Å². The van der Waals surface area contributed by atoms with Gasteiger partial charge in [-0.1, -0.05) is 20.8 Å². The predicted octanol–water partition coefficient (Wildman–Crippen LogP) is 3.47. The van der Waals surface area contributed by atoms with Crippen molar-refractivity contribution >= 4 is 0 Å². The molecular formula is C11H20. The fourth-order valence-electron chi connectivity index (χ4n) is 2.79. The lowest BCUT2D eigenvalue weighted by Crippen LogP contribution is -2.18. The monoisotopic (exact) mass is 152 g/mol. The topological polar surface area (TPSA) is 0 Å². The molecule has 0 bridgehead atoms. The lowest BCUT2D eigenvalue weighted by atomic mass is 9.77.